The molecule has 0 radical (unpaired) electrons. The van der Waals surface area contributed by atoms with Gasteiger partial charge in [-0.05, 0) is 37.5 Å². The molecule has 3 heterocycles. The standard InChI is InChI=1S/C16H15F2NO4/c1-7-2-3-8(11(6-7)23-16(17)18)19-14(20)12-9-4-5-10(22-9)13(12)15(19)21/h2-3,6,9-10,12-13,16H,4-5H2,1H3/t9-,10+,12-,13+. The lowest BCUT2D eigenvalue weighted by Gasteiger charge is -2.20. The number of benzene rings is 1. The summed E-state index contributed by atoms with van der Waals surface area (Å²) < 4.78 is 35.5. The number of alkyl halides is 2. The highest BCUT2D eigenvalue weighted by Gasteiger charge is 2.62. The molecule has 5 nitrogen and oxygen atoms in total. The topological polar surface area (TPSA) is 55.8 Å². The summed E-state index contributed by atoms with van der Waals surface area (Å²) in [6.45, 7) is -1.30. The summed E-state index contributed by atoms with van der Waals surface area (Å²) in [4.78, 5) is 26.4. The lowest BCUT2D eigenvalue weighted by molar-refractivity contribution is -0.125. The number of ether oxygens (including phenoxy) is 2. The third-order valence-electron chi connectivity index (χ3n) is 4.86. The van der Waals surface area contributed by atoms with Gasteiger partial charge in [0.25, 0.3) is 0 Å². The molecule has 3 fully saturated rings. The second-order valence-electron chi connectivity index (χ2n) is 6.20. The van der Waals surface area contributed by atoms with E-state index in [9.17, 15) is 18.4 Å². The quantitative estimate of drug-likeness (QED) is 0.801. The molecule has 0 unspecified atom stereocenters. The van der Waals surface area contributed by atoms with Crippen molar-refractivity contribution < 1.29 is 27.8 Å². The highest BCUT2D eigenvalue weighted by Crippen LogP contribution is 2.50. The molecule has 3 saturated heterocycles. The molecular weight excluding hydrogens is 308 g/mol. The Bertz CT molecular complexity index is 665. The first-order chi connectivity index (χ1) is 11.0. The molecule has 2 amide bonds. The molecule has 0 aromatic heterocycles. The molecule has 1 aromatic rings. The van der Waals surface area contributed by atoms with E-state index in [-0.39, 0.29) is 35.5 Å². The van der Waals surface area contributed by atoms with Crippen LogP contribution >= 0.6 is 0 Å². The number of hydrogen-bond donors (Lipinski definition) is 0. The van der Waals surface area contributed by atoms with Crippen LogP contribution in [0.15, 0.2) is 18.2 Å². The number of carbonyl (C=O) groups is 2. The highest BCUT2D eigenvalue weighted by molar-refractivity contribution is 6.23. The van der Waals surface area contributed by atoms with Gasteiger partial charge in [0.2, 0.25) is 11.8 Å². The Hall–Kier alpha value is -2.02. The fourth-order valence-electron chi connectivity index (χ4n) is 3.95. The van der Waals surface area contributed by atoms with Crippen LogP contribution in [-0.2, 0) is 14.3 Å². The number of anilines is 1. The van der Waals surface area contributed by atoms with Gasteiger partial charge < -0.3 is 9.47 Å². The predicted molar refractivity (Wildman–Crippen MR) is 75.2 cm³/mol. The van der Waals surface area contributed by atoms with Crippen molar-refractivity contribution in [2.75, 3.05) is 4.90 Å². The summed E-state index contributed by atoms with van der Waals surface area (Å²) >= 11 is 0. The minimum Gasteiger partial charge on any atom is -0.433 e. The predicted octanol–water partition coefficient (Wildman–Crippen LogP) is 2.26. The smallest absolute Gasteiger partial charge is 0.387 e. The van der Waals surface area contributed by atoms with Crippen LogP contribution in [0.4, 0.5) is 14.5 Å². The van der Waals surface area contributed by atoms with Crippen LogP contribution in [0.5, 0.6) is 5.75 Å². The molecule has 3 aliphatic rings. The van der Waals surface area contributed by atoms with Crippen molar-refractivity contribution in [1.82, 2.24) is 0 Å². The van der Waals surface area contributed by atoms with E-state index in [0.717, 1.165) is 17.7 Å². The molecule has 3 aliphatic heterocycles. The number of nitrogens with zero attached hydrogens (tertiary/aromatic N) is 1. The van der Waals surface area contributed by atoms with Gasteiger partial charge in [0.05, 0.1) is 29.7 Å². The van der Waals surface area contributed by atoms with E-state index in [4.69, 9.17) is 4.74 Å². The lowest BCUT2D eigenvalue weighted by atomic mass is 9.81. The van der Waals surface area contributed by atoms with Crippen molar-refractivity contribution in [3.63, 3.8) is 0 Å². The van der Waals surface area contributed by atoms with Crippen LogP contribution in [-0.4, -0.2) is 30.6 Å². The first-order valence-corrected chi connectivity index (χ1v) is 7.56. The van der Waals surface area contributed by atoms with E-state index < -0.39 is 18.4 Å². The average Bonchev–Trinajstić information content (AvgIpc) is 3.14. The van der Waals surface area contributed by atoms with Crippen LogP contribution in [0.2, 0.25) is 0 Å². The van der Waals surface area contributed by atoms with Crippen LogP contribution in [0.25, 0.3) is 0 Å². The second-order valence-corrected chi connectivity index (χ2v) is 6.20. The van der Waals surface area contributed by atoms with E-state index in [1.807, 2.05) is 0 Å². The number of aryl methyl sites for hydroxylation is 1. The number of carbonyl (C=O) groups excluding carboxylic acids is 2. The maximum Gasteiger partial charge on any atom is 0.387 e. The number of imide groups is 1. The van der Waals surface area contributed by atoms with E-state index in [1.54, 1.807) is 13.0 Å². The number of fused-ring (bicyclic) bond motifs is 5. The minimum atomic E-state index is -3.03. The van der Waals surface area contributed by atoms with Gasteiger partial charge in [-0.25, -0.2) is 4.90 Å². The van der Waals surface area contributed by atoms with Gasteiger partial charge in [-0.15, -0.1) is 0 Å². The van der Waals surface area contributed by atoms with Gasteiger partial charge in [-0.1, -0.05) is 6.07 Å². The minimum absolute atomic E-state index is 0.0831. The van der Waals surface area contributed by atoms with Gasteiger partial charge in [0, 0.05) is 0 Å². The monoisotopic (exact) mass is 323 g/mol. The van der Waals surface area contributed by atoms with Crippen molar-refractivity contribution in [3.8, 4) is 5.75 Å². The van der Waals surface area contributed by atoms with Crippen LogP contribution in [0.3, 0.4) is 0 Å². The van der Waals surface area contributed by atoms with Crippen molar-refractivity contribution in [2.45, 2.75) is 38.6 Å². The van der Waals surface area contributed by atoms with Crippen LogP contribution in [0, 0.1) is 18.8 Å². The first kappa shape index (κ1) is 14.6. The Morgan fingerprint density at radius 3 is 2.35 bits per heavy atom. The summed E-state index contributed by atoms with van der Waals surface area (Å²) in [5, 5.41) is 0. The lowest BCUT2D eigenvalue weighted by Crippen LogP contribution is -2.34. The third-order valence-corrected chi connectivity index (χ3v) is 4.86. The zero-order chi connectivity index (χ0) is 16.3. The SMILES string of the molecule is Cc1ccc(N2C(=O)[C@@H]3[C@H](C2=O)[C@H]2CC[C@@H]3O2)c(OC(F)F)c1. The molecule has 122 valence electrons. The molecule has 23 heavy (non-hydrogen) atoms. The van der Waals surface area contributed by atoms with Gasteiger partial charge in [-0.2, -0.15) is 8.78 Å². The molecule has 7 heteroatoms. The van der Waals surface area contributed by atoms with Gasteiger partial charge in [0.15, 0.2) is 5.75 Å². The molecule has 0 saturated carbocycles. The van der Waals surface area contributed by atoms with E-state index >= 15 is 0 Å². The molecule has 4 rings (SSSR count). The van der Waals surface area contributed by atoms with Crippen molar-refractivity contribution in [1.29, 1.82) is 0 Å². The van der Waals surface area contributed by atoms with Gasteiger partial charge >= 0.3 is 6.61 Å². The number of halogens is 2. The molecule has 1 aromatic carbocycles. The molecule has 0 N–H and O–H groups in total. The third kappa shape index (κ3) is 2.06. The molecule has 0 spiro atoms. The Morgan fingerprint density at radius 2 is 1.78 bits per heavy atom. The molecular formula is C16H15F2NO4. The zero-order valence-corrected chi connectivity index (χ0v) is 12.4. The number of amides is 2. The fourth-order valence-corrected chi connectivity index (χ4v) is 3.95. The first-order valence-electron chi connectivity index (χ1n) is 7.56. The number of hydrogen-bond acceptors (Lipinski definition) is 4. The van der Waals surface area contributed by atoms with Crippen LogP contribution in [0.1, 0.15) is 18.4 Å². The van der Waals surface area contributed by atoms with Crippen molar-refractivity contribution in [3.05, 3.63) is 23.8 Å². The summed E-state index contributed by atoms with van der Waals surface area (Å²) in [5.74, 6) is -1.91. The maximum atomic E-state index is 12.7. The molecule has 4 atom stereocenters. The van der Waals surface area contributed by atoms with Gasteiger partial charge in [-0.3, -0.25) is 9.59 Å². The van der Waals surface area contributed by atoms with E-state index in [1.165, 1.54) is 12.1 Å². The van der Waals surface area contributed by atoms with Crippen LogP contribution < -0.4 is 9.64 Å². The molecule has 0 aliphatic carbocycles. The summed E-state index contributed by atoms with van der Waals surface area (Å²) in [5.41, 5.74) is 0.784. The van der Waals surface area contributed by atoms with Crippen molar-refractivity contribution >= 4 is 17.5 Å². The zero-order valence-electron chi connectivity index (χ0n) is 12.4. The normalized spacial score (nSPS) is 32.1. The Labute approximate surface area is 131 Å². The fraction of sp³-hybridized carbons (Fsp3) is 0.500. The second kappa shape index (κ2) is 4.99. The van der Waals surface area contributed by atoms with E-state index in [2.05, 4.69) is 4.74 Å². The average molecular weight is 323 g/mol. The summed E-state index contributed by atoms with van der Waals surface area (Å²) in [6.07, 6.45) is 1.03. The molecule has 2 bridgehead atoms. The number of rotatable bonds is 3. The van der Waals surface area contributed by atoms with Crippen molar-refractivity contribution in [2.24, 2.45) is 11.8 Å². The van der Waals surface area contributed by atoms with E-state index in [0.29, 0.717) is 5.56 Å². The maximum absolute atomic E-state index is 12.7. The van der Waals surface area contributed by atoms with Gasteiger partial charge in [0.1, 0.15) is 0 Å². The largest absolute Gasteiger partial charge is 0.433 e. The summed E-state index contributed by atoms with van der Waals surface area (Å²) in [6, 6.07) is 4.54. The Balaban J connectivity index is 1.74. The Kier molecular flexibility index (Phi) is 3.16. The Morgan fingerprint density at radius 1 is 1.17 bits per heavy atom. The summed E-state index contributed by atoms with van der Waals surface area (Å²) in [7, 11) is 0. The highest BCUT2D eigenvalue weighted by atomic mass is 19.3.